The number of carbonyl (C=O) groups excluding carboxylic acids is 4. The molecule has 0 saturated heterocycles. The van der Waals surface area contributed by atoms with E-state index in [2.05, 4.69) is 0 Å². The van der Waals surface area contributed by atoms with Crippen molar-refractivity contribution < 1.29 is 47.6 Å². The van der Waals surface area contributed by atoms with E-state index in [0.717, 1.165) is 0 Å². The van der Waals surface area contributed by atoms with Crippen molar-refractivity contribution in [3.8, 4) is 11.5 Å². The summed E-state index contributed by atoms with van der Waals surface area (Å²) in [5, 5.41) is 0. The van der Waals surface area contributed by atoms with Gasteiger partial charge in [0.05, 0.1) is 25.9 Å². The lowest BCUT2D eigenvalue weighted by molar-refractivity contribution is -0.148. The first kappa shape index (κ1) is 29.1. The number of hydrogen-bond donors (Lipinski definition) is 1. The maximum Gasteiger partial charge on any atom is 0.513 e. The Labute approximate surface area is 214 Å². The van der Waals surface area contributed by atoms with Crippen molar-refractivity contribution in [2.45, 2.75) is 45.3 Å². The van der Waals surface area contributed by atoms with Crippen LogP contribution in [0.4, 0.5) is 9.59 Å². The zero-order chi connectivity index (χ0) is 27.4. The molecule has 2 N–H and O–H groups in total. The molecule has 2 atom stereocenters. The number of benzene rings is 2. The van der Waals surface area contributed by atoms with Gasteiger partial charge in [0.25, 0.3) is 0 Å². The highest BCUT2D eigenvalue weighted by Gasteiger charge is 2.38. The third-order valence-corrected chi connectivity index (χ3v) is 5.00. The lowest BCUT2D eigenvalue weighted by Crippen LogP contribution is -2.53. The van der Waals surface area contributed by atoms with Crippen LogP contribution in [0.3, 0.4) is 0 Å². The quantitative estimate of drug-likeness (QED) is 0.263. The lowest BCUT2D eigenvalue weighted by Gasteiger charge is -2.29. The minimum atomic E-state index is -1.62. The maximum atomic E-state index is 12.7. The van der Waals surface area contributed by atoms with Gasteiger partial charge in [-0.05, 0) is 50.6 Å². The van der Waals surface area contributed by atoms with E-state index in [9.17, 15) is 19.2 Å². The van der Waals surface area contributed by atoms with Gasteiger partial charge in [-0.1, -0.05) is 24.3 Å². The molecule has 37 heavy (non-hydrogen) atoms. The number of nitrogens with two attached hydrogens (primary N) is 1. The SMILES string of the molecule is CCOC(=O)Oc1ccc(CC(N)(C[C@H](C)OC(=O)c2ccccc2)C(=O)OC)cc1OC(=O)OCC. The molecule has 0 aliphatic heterocycles. The average molecular weight is 518 g/mol. The summed E-state index contributed by atoms with van der Waals surface area (Å²) in [4.78, 5) is 48.8. The fraction of sp³-hybridized carbons (Fsp3) is 0.385. The summed E-state index contributed by atoms with van der Waals surface area (Å²) in [5.41, 5.74) is 5.63. The van der Waals surface area contributed by atoms with Crippen molar-refractivity contribution in [1.29, 1.82) is 0 Å². The Hall–Kier alpha value is -4.12. The first-order chi connectivity index (χ1) is 17.6. The van der Waals surface area contributed by atoms with Gasteiger partial charge in [0.2, 0.25) is 0 Å². The molecule has 11 heteroatoms. The minimum Gasteiger partial charge on any atom is -0.468 e. The molecule has 0 bridgehead atoms. The molecule has 11 nitrogen and oxygen atoms in total. The van der Waals surface area contributed by atoms with E-state index in [4.69, 9.17) is 34.2 Å². The van der Waals surface area contributed by atoms with E-state index in [-0.39, 0.29) is 37.6 Å². The van der Waals surface area contributed by atoms with Crippen molar-refractivity contribution in [2.24, 2.45) is 5.73 Å². The molecule has 0 amide bonds. The predicted octanol–water partition coefficient (Wildman–Crippen LogP) is 3.81. The van der Waals surface area contributed by atoms with Gasteiger partial charge >= 0.3 is 24.2 Å². The van der Waals surface area contributed by atoms with E-state index < -0.39 is 35.9 Å². The standard InChI is InChI=1S/C26H31NO10/c1-5-33-24(30)36-20-13-12-18(14-21(20)37-25(31)34-6-2)16-26(27,23(29)32-4)15-17(3)35-22(28)19-10-8-7-9-11-19/h7-14,17H,5-6,15-16,27H2,1-4H3/t17-,26?/m0/s1. The second kappa shape index (κ2) is 13.8. The first-order valence-corrected chi connectivity index (χ1v) is 11.6. The molecule has 2 aromatic carbocycles. The zero-order valence-electron chi connectivity index (χ0n) is 21.2. The van der Waals surface area contributed by atoms with Crippen LogP contribution in [-0.4, -0.2) is 56.2 Å². The monoisotopic (exact) mass is 517 g/mol. The Morgan fingerprint density at radius 2 is 1.49 bits per heavy atom. The van der Waals surface area contributed by atoms with Crippen molar-refractivity contribution in [1.82, 2.24) is 0 Å². The van der Waals surface area contributed by atoms with E-state index >= 15 is 0 Å². The molecular formula is C26H31NO10. The molecule has 2 aromatic rings. The Bertz CT molecular complexity index is 1090. The summed E-state index contributed by atoms with van der Waals surface area (Å²) < 4.78 is 30.2. The highest BCUT2D eigenvalue weighted by Crippen LogP contribution is 2.31. The second-order valence-corrected chi connectivity index (χ2v) is 7.96. The van der Waals surface area contributed by atoms with E-state index in [1.807, 2.05) is 0 Å². The van der Waals surface area contributed by atoms with Crippen LogP contribution < -0.4 is 15.2 Å². The largest absolute Gasteiger partial charge is 0.513 e. The van der Waals surface area contributed by atoms with Gasteiger partial charge in [0.15, 0.2) is 11.5 Å². The van der Waals surface area contributed by atoms with Crippen LogP contribution in [0.1, 0.15) is 43.1 Å². The molecule has 0 saturated carbocycles. The van der Waals surface area contributed by atoms with Crippen molar-refractivity contribution in [3.05, 3.63) is 59.7 Å². The molecule has 0 aromatic heterocycles. The smallest absolute Gasteiger partial charge is 0.468 e. The summed E-state index contributed by atoms with van der Waals surface area (Å²) in [6.07, 6.45) is -2.94. The highest BCUT2D eigenvalue weighted by atomic mass is 16.7. The van der Waals surface area contributed by atoms with Gasteiger partial charge in [-0.15, -0.1) is 0 Å². The summed E-state index contributed by atoms with van der Waals surface area (Å²) in [7, 11) is 1.19. The fourth-order valence-corrected chi connectivity index (χ4v) is 3.48. The van der Waals surface area contributed by atoms with Crippen LogP contribution in [0.25, 0.3) is 0 Å². The average Bonchev–Trinajstić information content (AvgIpc) is 2.85. The van der Waals surface area contributed by atoms with Crippen molar-refractivity contribution in [3.63, 3.8) is 0 Å². The molecule has 0 aliphatic rings. The summed E-state index contributed by atoms with van der Waals surface area (Å²) in [6, 6.07) is 12.6. The van der Waals surface area contributed by atoms with Gasteiger partial charge in [-0.3, -0.25) is 4.79 Å². The van der Waals surface area contributed by atoms with E-state index in [0.29, 0.717) is 11.1 Å². The molecular weight excluding hydrogens is 486 g/mol. The van der Waals surface area contributed by atoms with Crippen LogP contribution >= 0.6 is 0 Å². The van der Waals surface area contributed by atoms with Crippen LogP contribution in [-0.2, 0) is 30.2 Å². The van der Waals surface area contributed by atoms with Gasteiger partial charge < -0.3 is 34.2 Å². The maximum absolute atomic E-state index is 12.7. The van der Waals surface area contributed by atoms with Crippen LogP contribution in [0.2, 0.25) is 0 Å². The van der Waals surface area contributed by atoms with Crippen LogP contribution in [0, 0.1) is 0 Å². The molecule has 200 valence electrons. The number of esters is 2. The van der Waals surface area contributed by atoms with E-state index in [1.54, 1.807) is 51.1 Å². The lowest BCUT2D eigenvalue weighted by atomic mass is 9.86. The molecule has 0 spiro atoms. The molecule has 0 aliphatic carbocycles. The Morgan fingerprint density at radius 1 is 0.892 bits per heavy atom. The molecule has 0 heterocycles. The summed E-state index contributed by atoms with van der Waals surface area (Å²) in [5.74, 6) is -1.57. The van der Waals surface area contributed by atoms with Gasteiger partial charge in [0.1, 0.15) is 11.6 Å². The summed E-state index contributed by atoms with van der Waals surface area (Å²) >= 11 is 0. The van der Waals surface area contributed by atoms with E-state index in [1.165, 1.54) is 25.3 Å². The Kier molecular flexibility index (Phi) is 10.9. The number of methoxy groups -OCH3 is 1. The van der Waals surface area contributed by atoms with Crippen molar-refractivity contribution in [2.75, 3.05) is 20.3 Å². The Balaban J connectivity index is 2.27. The molecule has 1 unspecified atom stereocenters. The highest BCUT2D eigenvalue weighted by molar-refractivity contribution is 5.89. The van der Waals surface area contributed by atoms with Gasteiger partial charge in [-0.2, -0.15) is 0 Å². The predicted molar refractivity (Wildman–Crippen MR) is 130 cm³/mol. The molecule has 0 fully saturated rings. The second-order valence-electron chi connectivity index (χ2n) is 7.96. The molecule has 2 rings (SSSR count). The summed E-state index contributed by atoms with van der Waals surface area (Å²) in [6.45, 7) is 4.94. The Morgan fingerprint density at radius 3 is 2.05 bits per heavy atom. The normalized spacial score (nSPS) is 12.9. The first-order valence-electron chi connectivity index (χ1n) is 11.6. The number of ether oxygens (including phenoxy) is 6. The number of carbonyl (C=O) groups is 4. The minimum absolute atomic E-state index is 0.0560. The van der Waals surface area contributed by atoms with Crippen LogP contribution in [0.15, 0.2) is 48.5 Å². The van der Waals surface area contributed by atoms with Gasteiger partial charge in [0, 0.05) is 12.8 Å². The molecule has 0 radical (unpaired) electrons. The topological polar surface area (TPSA) is 150 Å². The number of hydrogen-bond acceptors (Lipinski definition) is 11. The van der Waals surface area contributed by atoms with Crippen molar-refractivity contribution >= 4 is 24.2 Å². The number of rotatable bonds is 11. The zero-order valence-corrected chi connectivity index (χ0v) is 21.2. The third-order valence-electron chi connectivity index (χ3n) is 5.00. The fourth-order valence-electron chi connectivity index (χ4n) is 3.48. The van der Waals surface area contributed by atoms with Gasteiger partial charge in [-0.25, -0.2) is 14.4 Å². The van der Waals surface area contributed by atoms with Crippen LogP contribution in [0.5, 0.6) is 11.5 Å². The third kappa shape index (κ3) is 8.80.